The van der Waals surface area contributed by atoms with Crippen molar-refractivity contribution in [2.45, 2.75) is 26.8 Å². The van der Waals surface area contributed by atoms with Crippen molar-refractivity contribution in [3.05, 3.63) is 36.2 Å². The van der Waals surface area contributed by atoms with Crippen LogP contribution in [0.4, 0.5) is 0 Å². The molecule has 1 aromatic rings. The molecule has 1 rings (SSSR count). The summed E-state index contributed by atoms with van der Waals surface area (Å²) in [5, 5.41) is 0. The van der Waals surface area contributed by atoms with Crippen molar-refractivity contribution in [3.63, 3.8) is 0 Å². The second kappa shape index (κ2) is 5.32. The number of aliphatic imine (C=N–C) groups is 1. The zero-order valence-corrected chi connectivity index (χ0v) is 8.94. The van der Waals surface area contributed by atoms with Crippen molar-refractivity contribution in [1.29, 1.82) is 0 Å². The maximum atomic E-state index is 4.34. The Kier molecular flexibility index (Phi) is 4.05. The normalized spacial score (nSPS) is 12.7. The molecule has 0 atom stereocenters. The van der Waals surface area contributed by atoms with Gasteiger partial charge in [0.2, 0.25) is 0 Å². The molecule has 0 N–H and O–H groups in total. The van der Waals surface area contributed by atoms with Crippen LogP contribution in [0.3, 0.4) is 0 Å². The Morgan fingerprint density at radius 1 is 1.43 bits per heavy atom. The van der Waals surface area contributed by atoms with Gasteiger partial charge in [-0.1, -0.05) is 12.1 Å². The molecule has 0 radical (unpaired) electrons. The number of nitrogens with zero attached hydrogens (tertiary/aromatic N) is 2. The predicted molar refractivity (Wildman–Crippen MR) is 61.5 cm³/mol. The largest absolute Gasteiger partial charge is 0.290 e. The minimum absolute atomic E-state index is 0.327. The molecule has 0 aliphatic rings. The molecule has 0 bridgehead atoms. The molecule has 74 valence electrons. The van der Waals surface area contributed by atoms with Crippen LogP contribution in [-0.4, -0.2) is 17.2 Å². The second-order valence-electron chi connectivity index (χ2n) is 3.33. The van der Waals surface area contributed by atoms with Crippen LogP contribution in [0.15, 0.2) is 35.5 Å². The molecule has 0 amide bonds. The van der Waals surface area contributed by atoms with Crippen LogP contribution in [0.1, 0.15) is 26.5 Å². The van der Waals surface area contributed by atoms with Crippen LogP contribution in [0.2, 0.25) is 0 Å². The van der Waals surface area contributed by atoms with Crippen LogP contribution in [-0.2, 0) is 0 Å². The molecule has 0 aliphatic heterocycles. The number of pyridine rings is 1. The summed E-state index contributed by atoms with van der Waals surface area (Å²) in [7, 11) is 0. The fraction of sp³-hybridized carbons (Fsp3) is 0.333. The van der Waals surface area contributed by atoms with Gasteiger partial charge in [-0.05, 0) is 32.9 Å². The molecule has 2 heteroatoms. The first kappa shape index (κ1) is 10.6. The van der Waals surface area contributed by atoms with Crippen LogP contribution in [0.5, 0.6) is 0 Å². The zero-order valence-electron chi connectivity index (χ0n) is 8.94. The lowest BCUT2D eigenvalue weighted by Crippen LogP contribution is -1.93. The molecule has 1 heterocycles. The van der Waals surface area contributed by atoms with Crippen molar-refractivity contribution in [2.75, 3.05) is 0 Å². The SMILES string of the molecule is C/C=C(\C=NC(C)C)c1ccccn1. The van der Waals surface area contributed by atoms with E-state index < -0.39 is 0 Å². The van der Waals surface area contributed by atoms with Gasteiger partial charge < -0.3 is 0 Å². The van der Waals surface area contributed by atoms with E-state index in [-0.39, 0.29) is 0 Å². The average Bonchev–Trinajstić information content (AvgIpc) is 2.20. The van der Waals surface area contributed by atoms with Gasteiger partial charge in [0.1, 0.15) is 0 Å². The summed E-state index contributed by atoms with van der Waals surface area (Å²) in [5.41, 5.74) is 2.04. The average molecular weight is 188 g/mol. The molecule has 0 spiro atoms. The summed E-state index contributed by atoms with van der Waals surface area (Å²) in [4.78, 5) is 8.61. The van der Waals surface area contributed by atoms with E-state index in [1.54, 1.807) is 6.20 Å². The highest BCUT2D eigenvalue weighted by Crippen LogP contribution is 2.08. The monoisotopic (exact) mass is 188 g/mol. The van der Waals surface area contributed by atoms with E-state index in [1.807, 2.05) is 37.4 Å². The molecular weight excluding hydrogens is 172 g/mol. The van der Waals surface area contributed by atoms with E-state index in [9.17, 15) is 0 Å². The Hall–Kier alpha value is -1.44. The lowest BCUT2D eigenvalue weighted by molar-refractivity contribution is 0.842. The third-order valence-corrected chi connectivity index (χ3v) is 1.78. The van der Waals surface area contributed by atoms with Gasteiger partial charge in [-0.2, -0.15) is 0 Å². The van der Waals surface area contributed by atoms with Crippen LogP contribution in [0.25, 0.3) is 5.57 Å². The Balaban J connectivity index is 2.85. The van der Waals surface area contributed by atoms with E-state index in [0.717, 1.165) is 11.3 Å². The molecule has 1 aromatic heterocycles. The number of hydrogen-bond donors (Lipinski definition) is 0. The third kappa shape index (κ3) is 3.13. The van der Waals surface area contributed by atoms with Gasteiger partial charge in [0.25, 0.3) is 0 Å². The number of rotatable bonds is 3. The lowest BCUT2D eigenvalue weighted by atomic mass is 10.2. The Labute approximate surface area is 85.4 Å². The maximum Gasteiger partial charge on any atom is 0.0713 e. The van der Waals surface area contributed by atoms with E-state index in [1.165, 1.54) is 0 Å². The van der Waals surface area contributed by atoms with E-state index in [2.05, 4.69) is 23.8 Å². The highest BCUT2D eigenvalue weighted by molar-refractivity contribution is 6.08. The van der Waals surface area contributed by atoms with Crippen LogP contribution in [0, 0.1) is 0 Å². The third-order valence-electron chi connectivity index (χ3n) is 1.78. The quantitative estimate of drug-likeness (QED) is 0.669. The van der Waals surface area contributed by atoms with Crippen molar-refractivity contribution < 1.29 is 0 Å². The fourth-order valence-corrected chi connectivity index (χ4v) is 1.05. The molecule has 2 nitrogen and oxygen atoms in total. The minimum Gasteiger partial charge on any atom is -0.290 e. The first-order valence-electron chi connectivity index (χ1n) is 4.85. The summed E-state index contributed by atoms with van der Waals surface area (Å²) in [6, 6.07) is 6.21. The second-order valence-corrected chi connectivity index (χ2v) is 3.33. The van der Waals surface area contributed by atoms with Gasteiger partial charge in [-0.15, -0.1) is 0 Å². The van der Waals surface area contributed by atoms with E-state index in [4.69, 9.17) is 0 Å². The molecule has 0 saturated carbocycles. The molecule has 0 aromatic carbocycles. The van der Waals surface area contributed by atoms with Crippen molar-refractivity contribution in [3.8, 4) is 0 Å². The number of hydrogen-bond acceptors (Lipinski definition) is 2. The standard InChI is InChI=1S/C12H16N2/c1-4-11(9-14-10(2)3)12-7-5-6-8-13-12/h4-10H,1-3H3/b11-4+,14-9?. The van der Waals surface area contributed by atoms with Gasteiger partial charge in [0.15, 0.2) is 0 Å². The molecular formula is C12H16N2. The molecule has 0 aliphatic carbocycles. The predicted octanol–water partition coefficient (Wildman–Crippen LogP) is 2.96. The molecule has 0 unspecified atom stereocenters. The van der Waals surface area contributed by atoms with Crippen LogP contribution < -0.4 is 0 Å². The first-order valence-corrected chi connectivity index (χ1v) is 4.85. The van der Waals surface area contributed by atoms with Gasteiger partial charge in [-0.25, -0.2) is 0 Å². The molecule has 0 saturated heterocycles. The number of aromatic nitrogens is 1. The highest BCUT2D eigenvalue weighted by Gasteiger charge is 1.97. The lowest BCUT2D eigenvalue weighted by Gasteiger charge is -2.00. The summed E-state index contributed by atoms with van der Waals surface area (Å²) in [6.07, 6.45) is 5.70. The van der Waals surface area contributed by atoms with Crippen molar-refractivity contribution in [1.82, 2.24) is 4.98 Å². The Morgan fingerprint density at radius 3 is 2.71 bits per heavy atom. The molecule has 0 fully saturated rings. The molecule has 14 heavy (non-hydrogen) atoms. The smallest absolute Gasteiger partial charge is 0.0713 e. The summed E-state index contributed by atoms with van der Waals surface area (Å²) in [5.74, 6) is 0. The van der Waals surface area contributed by atoms with Gasteiger partial charge >= 0.3 is 0 Å². The summed E-state index contributed by atoms with van der Waals surface area (Å²) in [6.45, 7) is 6.11. The minimum atomic E-state index is 0.327. The van der Waals surface area contributed by atoms with Gasteiger partial charge in [0.05, 0.1) is 5.69 Å². The van der Waals surface area contributed by atoms with Gasteiger partial charge in [0, 0.05) is 24.0 Å². The topological polar surface area (TPSA) is 25.2 Å². The van der Waals surface area contributed by atoms with Crippen molar-refractivity contribution >= 4 is 11.8 Å². The van der Waals surface area contributed by atoms with E-state index >= 15 is 0 Å². The summed E-state index contributed by atoms with van der Waals surface area (Å²) < 4.78 is 0. The fourth-order valence-electron chi connectivity index (χ4n) is 1.05. The highest BCUT2D eigenvalue weighted by atomic mass is 14.8. The van der Waals surface area contributed by atoms with Gasteiger partial charge in [-0.3, -0.25) is 9.98 Å². The maximum absolute atomic E-state index is 4.34. The summed E-state index contributed by atoms with van der Waals surface area (Å²) >= 11 is 0. The van der Waals surface area contributed by atoms with E-state index in [0.29, 0.717) is 6.04 Å². The Bertz CT molecular complexity index is 323. The van der Waals surface area contributed by atoms with Crippen molar-refractivity contribution in [2.24, 2.45) is 4.99 Å². The Morgan fingerprint density at radius 2 is 2.21 bits per heavy atom. The van der Waals surface area contributed by atoms with Crippen LogP contribution >= 0.6 is 0 Å². The number of allylic oxidation sites excluding steroid dienone is 2. The zero-order chi connectivity index (χ0) is 10.4. The first-order chi connectivity index (χ1) is 6.74.